The standard InChI is InChI=1S/C16H21Cl2N7O/c1-3-19-16(22-9-14-23-10-24-25(14)2)21-7-6-20-15(26)11-4-5-12(17)13(18)8-11/h4-5,8,10H,3,6-7,9H2,1-2H3,(H,20,26)(H2,19,21,22). The Morgan fingerprint density at radius 3 is 2.62 bits per heavy atom. The fourth-order valence-electron chi connectivity index (χ4n) is 2.05. The lowest BCUT2D eigenvalue weighted by Gasteiger charge is -2.12. The summed E-state index contributed by atoms with van der Waals surface area (Å²) in [6.45, 7) is 4.04. The van der Waals surface area contributed by atoms with Gasteiger partial charge in [0.1, 0.15) is 18.7 Å². The minimum atomic E-state index is -0.216. The van der Waals surface area contributed by atoms with Gasteiger partial charge in [-0.05, 0) is 25.1 Å². The summed E-state index contributed by atoms with van der Waals surface area (Å²) in [4.78, 5) is 20.7. The summed E-state index contributed by atoms with van der Waals surface area (Å²) in [5.74, 6) is 1.18. The molecule has 0 spiro atoms. The van der Waals surface area contributed by atoms with Crippen molar-refractivity contribution in [2.24, 2.45) is 12.0 Å². The average molecular weight is 398 g/mol. The van der Waals surface area contributed by atoms with E-state index in [0.717, 1.165) is 12.4 Å². The summed E-state index contributed by atoms with van der Waals surface area (Å²) in [6.07, 6.45) is 1.49. The van der Waals surface area contributed by atoms with Gasteiger partial charge >= 0.3 is 0 Å². The van der Waals surface area contributed by atoms with Gasteiger partial charge in [0.05, 0.1) is 10.0 Å². The molecule has 2 aromatic rings. The van der Waals surface area contributed by atoms with E-state index >= 15 is 0 Å². The number of nitrogens with zero attached hydrogens (tertiary/aromatic N) is 4. The number of rotatable bonds is 7. The monoisotopic (exact) mass is 397 g/mol. The van der Waals surface area contributed by atoms with Crippen molar-refractivity contribution in [2.45, 2.75) is 13.5 Å². The number of aliphatic imine (C=N–C) groups is 1. The van der Waals surface area contributed by atoms with E-state index in [2.05, 4.69) is 31.0 Å². The molecular weight excluding hydrogens is 377 g/mol. The van der Waals surface area contributed by atoms with E-state index in [4.69, 9.17) is 23.2 Å². The third kappa shape index (κ3) is 5.89. The van der Waals surface area contributed by atoms with E-state index in [-0.39, 0.29) is 5.91 Å². The highest BCUT2D eigenvalue weighted by atomic mass is 35.5. The molecule has 1 aromatic heterocycles. The first-order valence-electron chi connectivity index (χ1n) is 8.09. The molecule has 0 unspecified atom stereocenters. The Morgan fingerprint density at radius 1 is 1.19 bits per heavy atom. The van der Waals surface area contributed by atoms with Crippen molar-refractivity contribution in [3.63, 3.8) is 0 Å². The predicted molar refractivity (Wildman–Crippen MR) is 103 cm³/mol. The second kappa shape index (κ2) is 9.98. The molecule has 0 saturated carbocycles. The average Bonchev–Trinajstić information content (AvgIpc) is 3.03. The van der Waals surface area contributed by atoms with Gasteiger partial charge in [-0.1, -0.05) is 23.2 Å². The van der Waals surface area contributed by atoms with E-state index in [1.54, 1.807) is 22.9 Å². The van der Waals surface area contributed by atoms with Crippen LogP contribution in [0, 0.1) is 0 Å². The molecule has 1 heterocycles. The molecule has 3 N–H and O–H groups in total. The van der Waals surface area contributed by atoms with Gasteiger partial charge in [0.15, 0.2) is 5.96 Å². The number of hydrogen-bond acceptors (Lipinski definition) is 4. The largest absolute Gasteiger partial charge is 0.357 e. The SMILES string of the molecule is CCNC(=NCc1ncnn1C)NCCNC(=O)c1ccc(Cl)c(Cl)c1. The number of carbonyl (C=O) groups is 1. The van der Waals surface area contributed by atoms with E-state index < -0.39 is 0 Å². The van der Waals surface area contributed by atoms with E-state index in [9.17, 15) is 4.79 Å². The van der Waals surface area contributed by atoms with Gasteiger partial charge in [0.25, 0.3) is 5.91 Å². The van der Waals surface area contributed by atoms with Crippen molar-refractivity contribution < 1.29 is 4.79 Å². The van der Waals surface area contributed by atoms with Crippen LogP contribution in [0.5, 0.6) is 0 Å². The van der Waals surface area contributed by atoms with Gasteiger partial charge in [-0.25, -0.2) is 9.98 Å². The van der Waals surface area contributed by atoms with Crippen LogP contribution in [0.1, 0.15) is 23.1 Å². The number of hydrogen-bond donors (Lipinski definition) is 3. The number of amides is 1. The second-order valence-corrected chi connectivity index (χ2v) is 6.12. The topological polar surface area (TPSA) is 96.2 Å². The summed E-state index contributed by atoms with van der Waals surface area (Å²) < 4.78 is 1.67. The first-order valence-corrected chi connectivity index (χ1v) is 8.85. The lowest BCUT2D eigenvalue weighted by molar-refractivity contribution is 0.0954. The van der Waals surface area contributed by atoms with Crippen LogP contribution in [0.2, 0.25) is 10.0 Å². The number of nitrogens with one attached hydrogen (secondary N) is 3. The maximum Gasteiger partial charge on any atom is 0.251 e. The molecule has 1 amide bonds. The number of aromatic nitrogens is 3. The van der Waals surface area contributed by atoms with Gasteiger partial charge in [-0.15, -0.1) is 0 Å². The lowest BCUT2D eigenvalue weighted by Crippen LogP contribution is -2.41. The minimum Gasteiger partial charge on any atom is -0.357 e. The van der Waals surface area contributed by atoms with Crippen molar-refractivity contribution in [1.29, 1.82) is 0 Å². The molecule has 0 aliphatic rings. The van der Waals surface area contributed by atoms with Crippen LogP contribution in [0.3, 0.4) is 0 Å². The molecule has 26 heavy (non-hydrogen) atoms. The fourth-order valence-corrected chi connectivity index (χ4v) is 2.35. The van der Waals surface area contributed by atoms with Crippen LogP contribution in [-0.2, 0) is 13.6 Å². The van der Waals surface area contributed by atoms with Crippen molar-refractivity contribution >= 4 is 35.1 Å². The van der Waals surface area contributed by atoms with Crippen molar-refractivity contribution in [1.82, 2.24) is 30.7 Å². The Morgan fingerprint density at radius 2 is 1.96 bits per heavy atom. The molecule has 0 aliphatic heterocycles. The molecule has 0 fully saturated rings. The molecular formula is C16H21Cl2N7O. The van der Waals surface area contributed by atoms with Crippen LogP contribution < -0.4 is 16.0 Å². The molecule has 8 nitrogen and oxygen atoms in total. The summed E-state index contributed by atoms with van der Waals surface area (Å²) in [5.41, 5.74) is 0.460. The molecule has 10 heteroatoms. The Kier molecular flexibility index (Phi) is 7.68. The van der Waals surface area contributed by atoms with Crippen molar-refractivity contribution in [2.75, 3.05) is 19.6 Å². The Bertz CT molecular complexity index is 776. The van der Waals surface area contributed by atoms with Gasteiger partial charge in [0.2, 0.25) is 0 Å². The van der Waals surface area contributed by atoms with Crippen LogP contribution in [0.15, 0.2) is 29.5 Å². The summed E-state index contributed by atoms with van der Waals surface area (Å²) in [7, 11) is 1.82. The maximum absolute atomic E-state index is 12.1. The number of halogens is 2. The number of aryl methyl sites for hydroxylation is 1. The normalized spacial score (nSPS) is 11.3. The molecule has 2 rings (SSSR count). The van der Waals surface area contributed by atoms with Gasteiger partial charge in [-0.2, -0.15) is 5.10 Å². The third-order valence-corrected chi connectivity index (χ3v) is 4.15. The summed E-state index contributed by atoms with van der Waals surface area (Å²) >= 11 is 11.8. The molecule has 0 atom stereocenters. The quantitative estimate of drug-likeness (QED) is 0.374. The highest BCUT2D eigenvalue weighted by Gasteiger charge is 2.07. The van der Waals surface area contributed by atoms with Gasteiger partial charge in [0, 0.05) is 32.2 Å². The molecule has 0 aliphatic carbocycles. The minimum absolute atomic E-state index is 0.216. The molecule has 1 aromatic carbocycles. The van der Waals surface area contributed by atoms with Crippen molar-refractivity contribution in [3.05, 3.63) is 46.0 Å². The zero-order chi connectivity index (χ0) is 18.9. The molecule has 0 saturated heterocycles. The predicted octanol–water partition coefficient (Wildman–Crippen LogP) is 1.61. The Labute approximate surface area is 162 Å². The van der Waals surface area contributed by atoms with Gasteiger partial charge in [-0.3, -0.25) is 9.48 Å². The molecule has 0 bridgehead atoms. The van der Waals surface area contributed by atoms with Crippen LogP contribution >= 0.6 is 23.2 Å². The Balaban J connectivity index is 1.80. The van der Waals surface area contributed by atoms with E-state index in [1.807, 2.05) is 14.0 Å². The summed E-state index contributed by atoms with van der Waals surface area (Å²) in [5, 5.41) is 13.9. The molecule has 0 radical (unpaired) electrons. The number of carbonyl (C=O) groups excluding carboxylic acids is 1. The third-order valence-electron chi connectivity index (χ3n) is 3.41. The fraction of sp³-hybridized carbons (Fsp3) is 0.375. The summed E-state index contributed by atoms with van der Waals surface area (Å²) in [6, 6.07) is 4.77. The van der Waals surface area contributed by atoms with Crippen LogP contribution in [0.4, 0.5) is 0 Å². The van der Waals surface area contributed by atoms with Crippen LogP contribution in [0.25, 0.3) is 0 Å². The Hall–Kier alpha value is -2.32. The first kappa shape index (κ1) is 20.0. The molecule has 140 valence electrons. The zero-order valence-electron chi connectivity index (χ0n) is 14.6. The van der Waals surface area contributed by atoms with Crippen LogP contribution in [-0.4, -0.2) is 46.3 Å². The number of benzene rings is 1. The number of guanidine groups is 1. The van der Waals surface area contributed by atoms with E-state index in [0.29, 0.717) is 41.2 Å². The van der Waals surface area contributed by atoms with Crippen molar-refractivity contribution in [3.8, 4) is 0 Å². The van der Waals surface area contributed by atoms with Gasteiger partial charge < -0.3 is 16.0 Å². The maximum atomic E-state index is 12.1. The highest BCUT2D eigenvalue weighted by molar-refractivity contribution is 6.42. The highest BCUT2D eigenvalue weighted by Crippen LogP contribution is 2.22. The smallest absolute Gasteiger partial charge is 0.251 e. The first-order chi connectivity index (χ1) is 12.5. The lowest BCUT2D eigenvalue weighted by atomic mass is 10.2. The second-order valence-electron chi connectivity index (χ2n) is 5.31. The zero-order valence-corrected chi connectivity index (χ0v) is 16.1. The van der Waals surface area contributed by atoms with E-state index in [1.165, 1.54) is 6.33 Å².